The molecule has 0 saturated carbocycles. The molecule has 1 atom stereocenters. The lowest BCUT2D eigenvalue weighted by atomic mass is 9.95. The molecule has 0 aliphatic carbocycles. The van der Waals surface area contributed by atoms with Crippen LogP contribution in [0.3, 0.4) is 0 Å². The van der Waals surface area contributed by atoms with Gasteiger partial charge < -0.3 is 25.0 Å². The molecule has 2 aromatic rings. The van der Waals surface area contributed by atoms with Crippen LogP contribution in [0.5, 0.6) is 5.75 Å². The average Bonchev–Trinajstić information content (AvgIpc) is 3.13. The van der Waals surface area contributed by atoms with E-state index in [0.29, 0.717) is 12.5 Å². The number of rotatable bonds is 3. The number of aromatic nitrogens is 2. The van der Waals surface area contributed by atoms with E-state index in [-0.39, 0.29) is 0 Å². The van der Waals surface area contributed by atoms with E-state index in [0.717, 1.165) is 80.6 Å². The fourth-order valence-corrected chi connectivity index (χ4v) is 5.21. The Labute approximate surface area is 182 Å². The maximum absolute atomic E-state index is 6.32. The van der Waals surface area contributed by atoms with Crippen LogP contribution < -0.4 is 20.3 Å². The van der Waals surface area contributed by atoms with E-state index in [2.05, 4.69) is 49.5 Å². The molecule has 0 spiro atoms. The number of likely N-dealkylation sites (tertiary alicyclic amines) is 1. The van der Waals surface area contributed by atoms with Crippen LogP contribution in [0.4, 0.5) is 17.3 Å². The minimum absolute atomic E-state index is 0.467. The van der Waals surface area contributed by atoms with Gasteiger partial charge in [0.1, 0.15) is 30.3 Å². The number of aryl methyl sites for hydroxylation is 1. The Kier molecular flexibility index (Phi) is 4.93. The van der Waals surface area contributed by atoms with Gasteiger partial charge in [0.15, 0.2) is 0 Å². The van der Waals surface area contributed by atoms with Gasteiger partial charge in [0, 0.05) is 38.8 Å². The molecule has 0 bridgehead atoms. The Balaban J connectivity index is 1.28. The fourth-order valence-electron chi connectivity index (χ4n) is 5.21. The number of nitrogens with zero attached hydrogens (tertiary/aromatic N) is 4. The molecule has 0 amide bonds. The molecule has 0 radical (unpaired) electrons. The van der Waals surface area contributed by atoms with Crippen molar-refractivity contribution < 1.29 is 9.47 Å². The van der Waals surface area contributed by atoms with E-state index in [1.54, 1.807) is 6.33 Å². The number of fused-ring (bicyclic) bond motifs is 2. The van der Waals surface area contributed by atoms with Crippen molar-refractivity contribution in [2.75, 3.05) is 62.7 Å². The van der Waals surface area contributed by atoms with Gasteiger partial charge in [-0.3, -0.25) is 4.90 Å². The zero-order valence-corrected chi connectivity index (χ0v) is 18.1. The average molecular weight is 423 g/mol. The Bertz CT molecular complexity index is 973. The first-order chi connectivity index (χ1) is 15.3. The summed E-state index contributed by atoms with van der Waals surface area (Å²) in [5, 5.41) is 6.98. The Morgan fingerprint density at radius 2 is 1.97 bits per heavy atom. The first-order valence-electron chi connectivity index (χ1n) is 11.4. The zero-order valence-electron chi connectivity index (χ0n) is 18.1. The normalized spacial score (nSPS) is 23.9. The standard InChI is InChI=1S/C23H30N6O2/c1-15-8-17(16-2-3-29(12-16)18-10-24-11-18)9-20-21(15)31-13-19-22(27-20)25-14-26-23(19)28-4-6-30-7-5-28/h8-9,14,16,18,24H,2-7,10-13H2,1H3,(H,25,26,27)/t16-/m0/s1. The summed E-state index contributed by atoms with van der Waals surface area (Å²) in [4.78, 5) is 14.1. The van der Waals surface area contributed by atoms with Crippen molar-refractivity contribution in [2.45, 2.75) is 31.9 Å². The van der Waals surface area contributed by atoms with Gasteiger partial charge in [0.2, 0.25) is 0 Å². The summed E-state index contributed by atoms with van der Waals surface area (Å²) in [7, 11) is 0. The monoisotopic (exact) mass is 422 g/mol. The van der Waals surface area contributed by atoms with Crippen LogP contribution in [-0.4, -0.2) is 73.4 Å². The summed E-state index contributed by atoms with van der Waals surface area (Å²) >= 11 is 0. The molecule has 3 fully saturated rings. The predicted molar refractivity (Wildman–Crippen MR) is 119 cm³/mol. The van der Waals surface area contributed by atoms with Gasteiger partial charge >= 0.3 is 0 Å². The van der Waals surface area contributed by atoms with Crippen molar-refractivity contribution in [3.63, 3.8) is 0 Å². The lowest BCUT2D eigenvalue weighted by Crippen LogP contribution is -2.56. The molecule has 0 unspecified atom stereocenters. The van der Waals surface area contributed by atoms with E-state index < -0.39 is 0 Å². The highest BCUT2D eigenvalue weighted by Crippen LogP contribution is 2.41. The van der Waals surface area contributed by atoms with Gasteiger partial charge in [0.05, 0.1) is 24.5 Å². The van der Waals surface area contributed by atoms with E-state index in [9.17, 15) is 0 Å². The summed E-state index contributed by atoms with van der Waals surface area (Å²) in [5.74, 6) is 3.29. The number of benzene rings is 1. The molecular formula is C23H30N6O2. The molecule has 31 heavy (non-hydrogen) atoms. The highest BCUT2D eigenvalue weighted by Gasteiger charge is 2.33. The van der Waals surface area contributed by atoms with Crippen molar-refractivity contribution in [1.29, 1.82) is 0 Å². The topological polar surface area (TPSA) is 74.8 Å². The number of anilines is 3. The number of ether oxygens (including phenoxy) is 2. The molecule has 1 aromatic carbocycles. The summed E-state index contributed by atoms with van der Waals surface area (Å²) < 4.78 is 11.8. The van der Waals surface area contributed by atoms with E-state index in [1.165, 1.54) is 24.1 Å². The quantitative estimate of drug-likeness (QED) is 0.778. The molecule has 164 valence electrons. The van der Waals surface area contributed by atoms with Crippen molar-refractivity contribution in [2.24, 2.45) is 0 Å². The molecule has 4 aliphatic rings. The number of hydrogen-bond acceptors (Lipinski definition) is 8. The molecule has 6 rings (SSSR count). The second-order valence-electron chi connectivity index (χ2n) is 9.04. The van der Waals surface area contributed by atoms with Crippen LogP contribution in [0.25, 0.3) is 0 Å². The summed E-state index contributed by atoms with van der Waals surface area (Å²) in [6.07, 6.45) is 2.87. The first kappa shape index (κ1) is 19.3. The van der Waals surface area contributed by atoms with Gasteiger partial charge in [-0.15, -0.1) is 0 Å². The second kappa shape index (κ2) is 7.93. The smallest absolute Gasteiger partial charge is 0.146 e. The maximum atomic E-state index is 6.32. The highest BCUT2D eigenvalue weighted by molar-refractivity contribution is 5.73. The second-order valence-corrected chi connectivity index (χ2v) is 9.04. The van der Waals surface area contributed by atoms with Crippen LogP contribution >= 0.6 is 0 Å². The number of hydrogen-bond donors (Lipinski definition) is 2. The molecule has 5 heterocycles. The van der Waals surface area contributed by atoms with E-state index >= 15 is 0 Å². The van der Waals surface area contributed by atoms with Crippen molar-refractivity contribution >= 4 is 17.3 Å². The largest absolute Gasteiger partial charge is 0.486 e. The maximum Gasteiger partial charge on any atom is 0.146 e. The third kappa shape index (κ3) is 3.52. The third-order valence-electron chi connectivity index (χ3n) is 7.11. The minimum atomic E-state index is 0.467. The Morgan fingerprint density at radius 3 is 2.77 bits per heavy atom. The van der Waals surface area contributed by atoms with Gasteiger partial charge in [-0.05, 0) is 43.0 Å². The van der Waals surface area contributed by atoms with Crippen molar-refractivity contribution in [3.05, 3.63) is 35.2 Å². The molecule has 3 saturated heterocycles. The lowest BCUT2D eigenvalue weighted by Gasteiger charge is -2.35. The summed E-state index contributed by atoms with van der Waals surface area (Å²) in [6.45, 7) is 10.4. The molecule has 2 N–H and O–H groups in total. The van der Waals surface area contributed by atoms with Crippen molar-refractivity contribution in [1.82, 2.24) is 20.2 Å². The molecule has 4 aliphatic heterocycles. The van der Waals surface area contributed by atoms with Gasteiger partial charge in [-0.2, -0.15) is 0 Å². The molecule has 8 heteroatoms. The lowest BCUT2D eigenvalue weighted by molar-refractivity contribution is 0.122. The third-order valence-corrected chi connectivity index (χ3v) is 7.11. The Morgan fingerprint density at radius 1 is 1.10 bits per heavy atom. The van der Waals surface area contributed by atoms with Crippen molar-refractivity contribution in [3.8, 4) is 5.75 Å². The molecular weight excluding hydrogens is 392 g/mol. The SMILES string of the molecule is Cc1cc([C@H]2CCN(C3CNC3)C2)cc2c1OCc1c(ncnc1N1CCOCC1)N2. The predicted octanol–water partition coefficient (Wildman–Crippen LogP) is 2.02. The fraction of sp³-hybridized carbons (Fsp3) is 0.565. The van der Waals surface area contributed by atoms with Gasteiger partial charge in [0.25, 0.3) is 0 Å². The van der Waals surface area contributed by atoms with Gasteiger partial charge in [-0.1, -0.05) is 6.07 Å². The summed E-state index contributed by atoms with van der Waals surface area (Å²) in [6, 6.07) is 5.31. The molecule has 8 nitrogen and oxygen atoms in total. The Hall–Kier alpha value is -2.42. The van der Waals surface area contributed by atoms with Crippen LogP contribution in [0.1, 0.15) is 29.0 Å². The minimum Gasteiger partial charge on any atom is -0.486 e. The van der Waals surface area contributed by atoms with Crippen LogP contribution in [0.2, 0.25) is 0 Å². The van der Waals surface area contributed by atoms with E-state index in [1.807, 2.05) is 0 Å². The first-order valence-corrected chi connectivity index (χ1v) is 11.4. The number of morpholine rings is 1. The highest BCUT2D eigenvalue weighted by atomic mass is 16.5. The van der Waals surface area contributed by atoms with Crippen LogP contribution in [0, 0.1) is 6.92 Å². The summed E-state index contributed by atoms with van der Waals surface area (Å²) in [5.41, 5.74) is 4.61. The number of nitrogens with one attached hydrogen (secondary N) is 2. The van der Waals surface area contributed by atoms with E-state index in [4.69, 9.17) is 9.47 Å². The van der Waals surface area contributed by atoms with Gasteiger partial charge in [-0.25, -0.2) is 9.97 Å². The van der Waals surface area contributed by atoms with Crippen LogP contribution in [-0.2, 0) is 11.3 Å². The van der Waals surface area contributed by atoms with Crippen LogP contribution in [0.15, 0.2) is 18.5 Å². The molecule has 1 aromatic heterocycles. The zero-order chi connectivity index (χ0) is 20.8.